The van der Waals surface area contributed by atoms with Gasteiger partial charge in [0.2, 0.25) is 0 Å². The molecule has 208 valence electrons. The molecule has 4 nitrogen and oxygen atoms in total. The number of hydrogen-bond acceptors (Lipinski definition) is 4. The lowest BCUT2D eigenvalue weighted by atomic mass is 10.1. The zero-order chi connectivity index (χ0) is 26.4. The zero-order valence-corrected chi connectivity index (χ0v) is 23.5. The van der Waals surface area contributed by atoms with Crippen LogP contribution in [0.1, 0.15) is 123 Å². The maximum atomic E-state index is 12.0. The quantitative estimate of drug-likeness (QED) is 0.0726. The minimum atomic E-state index is -0.557. The molecule has 0 spiro atoms. The van der Waals surface area contributed by atoms with Crippen LogP contribution in [0, 0.1) is 0 Å². The van der Waals surface area contributed by atoms with E-state index in [0.29, 0.717) is 13.0 Å². The molecule has 0 rings (SSSR count). The van der Waals surface area contributed by atoms with Crippen LogP contribution in [0.4, 0.5) is 0 Å². The fourth-order valence-electron chi connectivity index (χ4n) is 3.74. The summed E-state index contributed by atoms with van der Waals surface area (Å²) < 4.78 is 11.0. The fraction of sp³-hybridized carbons (Fsp3) is 0.719. The predicted molar refractivity (Wildman–Crippen MR) is 154 cm³/mol. The molecule has 0 aromatic carbocycles. The first-order chi connectivity index (χ1) is 17.7. The molecule has 1 unspecified atom stereocenters. The van der Waals surface area contributed by atoms with Crippen molar-refractivity contribution < 1.29 is 19.4 Å². The van der Waals surface area contributed by atoms with Gasteiger partial charge in [0.25, 0.3) is 0 Å². The fourth-order valence-corrected chi connectivity index (χ4v) is 3.74. The number of rotatable bonds is 26. The Balaban J connectivity index is 3.59. The van der Waals surface area contributed by atoms with Crippen molar-refractivity contribution in [2.45, 2.75) is 129 Å². The van der Waals surface area contributed by atoms with Crippen LogP contribution < -0.4 is 0 Å². The number of hydrogen-bond donors (Lipinski definition) is 1. The van der Waals surface area contributed by atoms with Crippen LogP contribution in [-0.4, -0.2) is 37.0 Å². The van der Waals surface area contributed by atoms with E-state index in [2.05, 4.69) is 62.5 Å². The number of esters is 1. The van der Waals surface area contributed by atoms with Crippen molar-refractivity contribution in [3.05, 3.63) is 48.6 Å². The van der Waals surface area contributed by atoms with Crippen molar-refractivity contribution in [2.75, 3.05) is 19.8 Å². The third-order valence-electron chi connectivity index (χ3n) is 5.92. The largest absolute Gasteiger partial charge is 0.457 e. The number of aliphatic hydroxyl groups excluding tert-OH is 1. The first-order valence-corrected chi connectivity index (χ1v) is 14.7. The summed E-state index contributed by atoms with van der Waals surface area (Å²) in [6.07, 6.45) is 35.7. The lowest BCUT2D eigenvalue weighted by Crippen LogP contribution is -2.27. The monoisotopic (exact) mass is 504 g/mol. The molecule has 36 heavy (non-hydrogen) atoms. The summed E-state index contributed by atoms with van der Waals surface area (Å²) in [4.78, 5) is 12.0. The molecule has 0 saturated heterocycles. The van der Waals surface area contributed by atoms with E-state index in [4.69, 9.17) is 9.47 Å². The minimum absolute atomic E-state index is 0.194. The van der Waals surface area contributed by atoms with E-state index in [-0.39, 0.29) is 19.2 Å². The standard InChI is InChI=1S/C32H56O4/c1-3-5-7-9-11-13-15-16-17-18-20-22-24-26-28-35-30-31(29-33)36-32(34)27-25-23-21-19-14-12-10-8-6-4-2/h5,7,11,13,16-17,20,22,31,33H,3-4,6,8-10,12,14-15,18-19,21,23-30H2,1-2H3/b7-5-,13-11-,17-16-,22-20-. The molecule has 0 saturated carbocycles. The van der Waals surface area contributed by atoms with Crippen molar-refractivity contribution in [2.24, 2.45) is 0 Å². The van der Waals surface area contributed by atoms with Crippen LogP contribution in [0.2, 0.25) is 0 Å². The van der Waals surface area contributed by atoms with Gasteiger partial charge in [0.1, 0.15) is 6.10 Å². The van der Waals surface area contributed by atoms with Crippen molar-refractivity contribution in [3.8, 4) is 0 Å². The smallest absolute Gasteiger partial charge is 0.306 e. The molecule has 0 heterocycles. The summed E-state index contributed by atoms with van der Waals surface area (Å²) in [6, 6.07) is 0. The number of allylic oxidation sites excluding steroid dienone is 8. The molecule has 0 fully saturated rings. The molecular weight excluding hydrogens is 448 g/mol. The van der Waals surface area contributed by atoms with Crippen molar-refractivity contribution in [3.63, 3.8) is 0 Å². The number of carbonyl (C=O) groups excluding carboxylic acids is 1. The Morgan fingerprint density at radius 3 is 1.78 bits per heavy atom. The highest BCUT2D eigenvalue weighted by atomic mass is 16.6. The van der Waals surface area contributed by atoms with E-state index in [0.717, 1.165) is 51.4 Å². The van der Waals surface area contributed by atoms with E-state index >= 15 is 0 Å². The zero-order valence-electron chi connectivity index (χ0n) is 23.5. The van der Waals surface area contributed by atoms with Crippen LogP contribution in [0.15, 0.2) is 48.6 Å². The van der Waals surface area contributed by atoms with Gasteiger partial charge >= 0.3 is 5.97 Å². The predicted octanol–water partition coefficient (Wildman–Crippen LogP) is 8.80. The normalized spacial score (nSPS) is 13.1. The Bertz CT molecular complexity index is 577. The Labute approximate surface area is 222 Å². The summed E-state index contributed by atoms with van der Waals surface area (Å²) >= 11 is 0. The Morgan fingerprint density at radius 1 is 0.694 bits per heavy atom. The van der Waals surface area contributed by atoms with Crippen LogP contribution in [-0.2, 0) is 14.3 Å². The van der Waals surface area contributed by atoms with Gasteiger partial charge in [0, 0.05) is 13.0 Å². The Hall–Kier alpha value is -1.65. The molecule has 0 bridgehead atoms. The summed E-state index contributed by atoms with van der Waals surface area (Å²) in [5.74, 6) is -0.225. The van der Waals surface area contributed by atoms with Crippen LogP contribution >= 0.6 is 0 Å². The second-order valence-electron chi connectivity index (χ2n) is 9.44. The topological polar surface area (TPSA) is 55.8 Å². The highest BCUT2D eigenvalue weighted by Gasteiger charge is 2.13. The molecule has 0 radical (unpaired) electrons. The molecule has 0 aliphatic rings. The van der Waals surface area contributed by atoms with Crippen molar-refractivity contribution in [1.82, 2.24) is 0 Å². The molecule has 0 amide bonds. The van der Waals surface area contributed by atoms with Gasteiger partial charge in [-0.3, -0.25) is 4.79 Å². The average Bonchev–Trinajstić information content (AvgIpc) is 2.88. The van der Waals surface area contributed by atoms with Gasteiger partial charge in [-0.05, 0) is 44.9 Å². The number of carbonyl (C=O) groups is 1. The Morgan fingerprint density at radius 2 is 1.22 bits per heavy atom. The van der Waals surface area contributed by atoms with E-state index in [1.165, 1.54) is 51.4 Å². The maximum absolute atomic E-state index is 12.0. The van der Waals surface area contributed by atoms with Crippen molar-refractivity contribution >= 4 is 5.97 Å². The van der Waals surface area contributed by atoms with Crippen LogP contribution in [0.25, 0.3) is 0 Å². The average molecular weight is 505 g/mol. The molecular formula is C32H56O4. The molecule has 0 aliphatic heterocycles. The second-order valence-corrected chi connectivity index (χ2v) is 9.44. The number of aliphatic hydroxyl groups is 1. The van der Waals surface area contributed by atoms with Gasteiger partial charge in [-0.1, -0.05) is 120 Å². The maximum Gasteiger partial charge on any atom is 0.306 e. The van der Waals surface area contributed by atoms with Crippen molar-refractivity contribution in [1.29, 1.82) is 0 Å². The summed E-state index contributed by atoms with van der Waals surface area (Å²) in [5, 5.41) is 9.46. The molecule has 1 N–H and O–H groups in total. The summed E-state index contributed by atoms with van der Waals surface area (Å²) in [7, 11) is 0. The molecule has 4 heteroatoms. The summed E-state index contributed by atoms with van der Waals surface area (Å²) in [5.41, 5.74) is 0. The van der Waals surface area contributed by atoms with Crippen LogP contribution in [0.3, 0.4) is 0 Å². The number of ether oxygens (including phenoxy) is 2. The Kier molecular flexibility index (Phi) is 28.2. The highest BCUT2D eigenvalue weighted by Crippen LogP contribution is 2.12. The van der Waals surface area contributed by atoms with E-state index in [1.54, 1.807) is 0 Å². The van der Waals surface area contributed by atoms with E-state index in [9.17, 15) is 9.90 Å². The van der Waals surface area contributed by atoms with Gasteiger partial charge in [-0.2, -0.15) is 0 Å². The first-order valence-electron chi connectivity index (χ1n) is 14.7. The van der Waals surface area contributed by atoms with Gasteiger partial charge in [-0.25, -0.2) is 0 Å². The van der Waals surface area contributed by atoms with Gasteiger partial charge in [-0.15, -0.1) is 0 Å². The van der Waals surface area contributed by atoms with Gasteiger partial charge in [0.05, 0.1) is 13.2 Å². The second kappa shape index (κ2) is 29.6. The highest BCUT2D eigenvalue weighted by molar-refractivity contribution is 5.69. The molecule has 1 atom stereocenters. The summed E-state index contributed by atoms with van der Waals surface area (Å²) in [6.45, 7) is 5.06. The number of unbranched alkanes of at least 4 members (excludes halogenated alkanes) is 10. The molecule has 0 aromatic rings. The third kappa shape index (κ3) is 26.9. The molecule has 0 aromatic heterocycles. The van der Waals surface area contributed by atoms with E-state index in [1.807, 2.05) is 0 Å². The van der Waals surface area contributed by atoms with Gasteiger partial charge < -0.3 is 14.6 Å². The molecule has 0 aliphatic carbocycles. The lowest BCUT2D eigenvalue weighted by Gasteiger charge is -2.15. The first kappa shape index (κ1) is 34.4. The van der Waals surface area contributed by atoms with Gasteiger partial charge in [0.15, 0.2) is 0 Å². The van der Waals surface area contributed by atoms with Crippen LogP contribution in [0.5, 0.6) is 0 Å². The SMILES string of the molecule is CC/C=C\C/C=C\C/C=C\C/C=C\CCCOCC(CO)OC(=O)CCCCCCCCCCCC. The minimum Gasteiger partial charge on any atom is -0.457 e. The lowest BCUT2D eigenvalue weighted by molar-refractivity contribution is -0.154. The van der Waals surface area contributed by atoms with E-state index < -0.39 is 6.10 Å². The third-order valence-corrected chi connectivity index (χ3v) is 5.92.